The van der Waals surface area contributed by atoms with Crippen molar-refractivity contribution < 1.29 is 4.74 Å². The van der Waals surface area contributed by atoms with Crippen LogP contribution in [0.2, 0.25) is 0 Å². The summed E-state index contributed by atoms with van der Waals surface area (Å²) in [5.41, 5.74) is 4.32. The van der Waals surface area contributed by atoms with E-state index in [4.69, 9.17) is 9.72 Å². The number of imidazole rings is 1. The Balaban J connectivity index is 1.54. The van der Waals surface area contributed by atoms with E-state index in [0.717, 1.165) is 26.7 Å². The second kappa shape index (κ2) is 7.06. The minimum absolute atomic E-state index is 0.512. The summed E-state index contributed by atoms with van der Waals surface area (Å²) in [5.74, 6) is 1.00. The van der Waals surface area contributed by atoms with Crippen molar-refractivity contribution in [3.63, 3.8) is 0 Å². The Hall–Kier alpha value is -2.24. The zero-order valence-corrected chi connectivity index (χ0v) is 16.5. The van der Waals surface area contributed by atoms with E-state index in [1.165, 1.54) is 30.3 Å². The zero-order valence-electron chi connectivity index (χ0n) is 14.9. The summed E-state index contributed by atoms with van der Waals surface area (Å²) in [4.78, 5) is 9.49. The summed E-state index contributed by atoms with van der Waals surface area (Å²) in [6.07, 6.45) is 5.58. The van der Waals surface area contributed by atoms with E-state index in [9.17, 15) is 0 Å². The lowest BCUT2D eigenvalue weighted by molar-refractivity contribution is 0.0967. The van der Waals surface area contributed by atoms with Crippen LogP contribution in [0.25, 0.3) is 21.9 Å². The first-order chi connectivity index (χ1) is 13.3. The van der Waals surface area contributed by atoms with Gasteiger partial charge < -0.3 is 9.30 Å². The molecule has 2 aromatic carbocycles. The summed E-state index contributed by atoms with van der Waals surface area (Å²) in [6, 6.07) is 17.1. The Morgan fingerprint density at radius 1 is 1.04 bits per heavy atom. The number of pyridine rings is 1. The number of ether oxygens (including phenoxy) is 1. The van der Waals surface area contributed by atoms with Crippen LogP contribution in [-0.2, 0) is 18.0 Å². The standard InChI is InChI=1S/C22H20BrN3O/c23-16-9-10-18-19(11-16)24-12-20-22(18)26(17-7-4-8-17)21(25-20)14-27-13-15-5-2-1-3-6-15/h1-3,5-6,9-12,17H,4,7-8,13-14H2. The fraction of sp³-hybridized carbons (Fsp3) is 0.273. The Bertz CT molecular complexity index is 1100. The molecule has 0 aliphatic heterocycles. The number of benzene rings is 2. The monoisotopic (exact) mass is 421 g/mol. The third kappa shape index (κ3) is 3.15. The van der Waals surface area contributed by atoms with Crippen LogP contribution in [0, 0.1) is 0 Å². The van der Waals surface area contributed by atoms with Crippen LogP contribution in [-0.4, -0.2) is 14.5 Å². The fourth-order valence-corrected chi connectivity index (χ4v) is 4.12. The number of hydrogen-bond donors (Lipinski definition) is 0. The highest BCUT2D eigenvalue weighted by atomic mass is 79.9. The molecule has 27 heavy (non-hydrogen) atoms. The maximum Gasteiger partial charge on any atom is 0.136 e. The molecule has 1 fully saturated rings. The summed E-state index contributed by atoms with van der Waals surface area (Å²) in [6.45, 7) is 1.11. The van der Waals surface area contributed by atoms with Crippen LogP contribution in [0.5, 0.6) is 0 Å². The molecule has 1 aliphatic rings. The Kier molecular flexibility index (Phi) is 4.42. The van der Waals surface area contributed by atoms with Crippen molar-refractivity contribution in [1.29, 1.82) is 0 Å². The number of hydrogen-bond acceptors (Lipinski definition) is 3. The molecule has 0 amide bonds. The quantitative estimate of drug-likeness (QED) is 0.409. The molecule has 4 aromatic rings. The van der Waals surface area contributed by atoms with Crippen molar-refractivity contribution >= 4 is 37.9 Å². The predicted molar refractivity (Wildman–Crippen MR) is 111 cm³/mol. The summed E-state index contributed by atoms with van der Waals surface area (Å²) < 4.78 is 9.46. The van der Waals surface area contributed by atoms with E-state index in [1.54, 1.807) is 0 Å². The van der Waals surface area contributed by atoms with Crippen LogP contribution in [0.15, 0.2) is 59.2 Å². The van der Waals surface area contributed by atoms with Gasteiger partial charge in [-0.05, 0) is 43.0 Å². The third-order valence-electron chi connectivity index (χ3n) is 5.33. The zero-order chi connectivity index (χ0) is 18.2. The smallest absolute Gasteiger partial charge is 0.136 e. The fourth-order valence-electron chi connectivity index (χ4n) is 3.77. The molecule has 136 valence electrons. The SMILES string of the molecule is Brc1ccc2c(c1)ncc1nc(COCc3ccccc3)n(C3CCC3)c12. The number of rotatable bonds is 5. The van der Waals surface area contributed by atoms with Gasteiger partial charge in [0.05, 0.1) is 23.8 Å². The average Bonchev–Trinajstić information content (AvgIpc) is 2.99. The molecule has 5 rings (SSSR count). The number of fused-ring (bicyclic) bond motifs is 3. The van der Waals surface area contributed by atoms with Gasteiger partial charge in [0.25, 0.3) is 0 Å². The molecule has 0 N–H and O–H groups in total. The van der Waals surface area contributed by atoms with Gasteiger partial charge in [-0.15, -0.1) is 0 Å². The highest BCUT2D eigenvalue weighted by Crippen LogP contribution is 2.38. The van der Waals surface area contributed by atoms with Gasteiger partial charge in [-0.25, -0.2) is 4.98 Å². The molecule has 2 heterocycles. The third-order valence-corrected chi connectivity index (χ3v) is 5.83. The van der Waals surface area contributed by atoms with E-state index >= 15 is 0 Å². The van der Waals surface area contributed by atoms with Crippen molar-refractivity contribution in [2.45, 2.75) is 38.5 Å². The van der Waals surface area contributed by atoms with E-state index in [2.05, 4.69) is 55.8 Å². The average molecular weight is 422 g/mol. The molecule has 0 atom stereocenters. The predicted octanol–water partition coefficient (Wildman–Crippen LogP) is 5.79. The molecule has 1 aliphatic carbocycles. The summed E-state index contributed by atoms with van der Waals surface area (Å²) >= 11 is 3.55. The molecule has 0 unspecified atom stereocenters. The molecule has 5 heteroatoms. The lowest BCUT2D eigenvalue weighted by Gasteiger charge is -2.29. The Morgan fingerprint density at radius 3 is 2.67 bits per heavy atom. The molecule has 0 radical (unpaired) electrons. The van der Waals surface area contributed by atoms with Crippen LogP contribution in [0.1, 0.15) is 36.7 Å². The van der Waals surface area contributed by atoms with Gasteiger partial charge in [-0.1, -0.05) is 46.3 Å². The van der Waals surface area contributed by atoms with Crippen molar-refractivity contribution in [2.24, 2.45) is 0 Å². The highest BCUT2D eigenvalue weighted by molar-refractivity contribution is 9.10. The van der Waals surface area contributed by atoms with Gasteiger partial charge in [0, 0.05) is 15.9 Å². The minimum atomic E-state index is 0.512. The van der Waals surface area contributed by atoms with Crippen molar-refractivity contribution in [3.8, 4) is 0 Å². The van der Waals surface area contributed by atoms with Crippen molar-refractivity contribution in [1.82, 2.24) is 14.5 Å². The van der Waals surface area contributed by atoms with Crippen LogP contribution in [0.3, 0.4) is 0 Å². The molecular formula is C22H20BrN3O. The van der Waals surface area contributed by atoms with Gasteiger partial charge >= 0.3 is 0 Å². The van der Waals surface area contributed by atoms with Gasteiger partial charge in [0.2, 0.25) is 0 Å². The first-order valence-corrected chi connectivity index (χ1v) is 10.2. The van der Waals surface area contributed by atoms with Crippen LogP contribution >= 0.6 is 15.9 Å². The normalized spacial score (nSPS) is 14.7. The molecular weight excluding hydrogens is 402 g/mol. The minimum Gasteiger partial charge on any atom is -0.369 e. The molecule has 0 bridgehead atoms. The maximum atomic E-state index is 6.01. The maximum absolute atomic E-state index is 6.01. The number of halogens is 1. The Labute approximate surface area is 166 Å². The van der Waals surface area contributed by atoms with Gasteiger partial charge in [0.15, 0.2) is 0 Å². The first-order valence-electron chi connectivity index (χ1n) is 9.36. The molecule has 0 saturated heterocycles. The topological polar surface area (TPSA) is 39.9 Å². The lowest BCUT2D eigenvalue weighted by Crippen LogP contribution is -2.19. The van der Waals surface area contributed by atoms with Crippen LogP contribution < -0.4 is 0 Å². The molecule has 4 nitrogen and oxygen atoms in total. The van der Waals surface area contributed by atoms with Crippen LogP contribution in [0.4, 0.5) is 0 Å². The number of aromatic nitrogens is 3. The lowest BCUT2D eigenvalue weighted by atomic mass is 9.92. The summed E-state index contributed by atoms with van der Waals surface area (Å²) in [7, 11) is 0. The number of nitrogens with zero attached hydrogens (tertiary/aromatic N) is 3. The van der Waals surface area contributed by atoms with E-state index in [0.29, 0.717) is 19.3 Å². The largest absolute Gasteiger partial charge is 0.369 e. The van der Waals surface area contributed by atoms with Crippen molar-refractivity contribution in [3.05, 3.63) is 70.6 Å². The van der Waals surface area contributed by atoms with Gasteiger partial charge in [0.1, 0.15) is 17.9 Å². The molecule has 2 aromatic heterocycles. The molecule has 1 saturated carbocycles. The van der Waals surface area contributed by atoms with Crippen molar-refractivity contribution in [2.75, 3.05) is 0 Å². The van der Waals surface area contributed by atoms with E-state index in [-0.39, 0.29) is 0 Å². The van der Waals surface area contributed by atoms with Gasteiger partial charge in [-0.3, -0.25) is 4.98 Å². The second-order valence-electron chi connectivity index (χ2n) is 7.11. The molecule has 0 spiro atoms. The van der Waals surface area contributed by atoms with Gasteiger partial charge in [-0.2, -0.15) is 0 Å². The highest BCUT2D eigenvalue weighted by Gasteiger charge is 2.26. The summed E-state index contributed by atoms with van der Waals surface area (Å²) in [5, 5.41) is 1.16. The van der Waals surface area contributed by atoms with E-state index < -0.39 is 0 Å². The van der Waals surface area contributed by atoms with E-state index in [1.807, 2.05) is 24.4 Å². The first kappa shape index (κ1) is 16.9. The second-order valence-corrected chi connectivity index (χ2v) is 8.03. The Morgan fingerprint density at radius 2 is 1.89 bits per heavy atom.